The number of halogens is 2. The highest BCUT2D eigenvalue weighted by atomic mass is 19.1. The normalized spacial score (nSPS) is 10.0. The molecule has 0 radical (unpaired) electrons. The third-order valence-electron chi connectivity index (χ3n) is 2.77. The fourth-order valence-electron chi connectivity index (χ4n) is 1.79. The van der Waals surface area contributed by atoms with Crippen LogP contribution in [0.15, 0.2) is 36.4 Å². The van der Waals surface area contributed by atoms with E-state index in [1.807, 2.05) is 13.0 Å². The van der Waals surface area contributed by atoms with E-state index in [1.54, 1.807) is 12.1 Å². The summed E-state index contributed by atoms with van der Waals surface area (Å²) in [7, 11) is 0. The van der Waals surface area contributed by atoms with Gasteiger partial charge in [0, 0.05) is 18.3 Å². The second-order valence-electron chi connectivity index (χ2n) is 4.27. The Hall–Kier alpha value is -2.41. The number of rotatable bonds is 3. The van der Waals surface area contributed by atoms with Crippen LogP contribution >= 0.6 is 0 Å². The Kier molecular flexibility index (Phi) is 3.76. The lowest BCUT2D eigenvalue weighted by molar-refractivity contribution is 0.580. The van der Waals surface area contributed by atoms with Crippen molar-refractivity contribution in [1.82, 2.24) is 0 Å². The van der Waals surface area contributed by atoms with Crippen molar-refractivity contribution >= 4 is 5.69 Å². The molecule has 0 aromatic heterocycles. The molecule has 2 aromatic carbocycles. The molecule has 0 spiro atoms. The molecule has 2 nitrogen and oxygen atoms in total. The molecule has 0 heterocycles. The van der Waals surface area contributed by atoms with Crippen molar-refractivity contribution in [3.63, 3.8) is 0 Å². The maximum Gasteiger partial charge on any atom is 0.126 e. The van der Waals surface area contributed by atoms with Gasteiger partial charge in [0.15, 0.2) is 0 Å². The van der Waals surface area contributed by atoms with Crippen LogP contribution in [0.5, 0.6) is 0 Å². The second kappa shape index (κ2) is 5.49. The van der Waals surface area contributed by atoms with E-state index in [4.69, 9.17) is 5.26 Å². The minimum absolute atomic E-state index is 0.296. The van der Waals surface area contributed by atoms with Gasteiger partial charge in [-0.15, -0.1) is 0 Å². The molecule has 0 aliphatic heterocycles. The van der Waals surface area contributed by atoms with Gasteiger partial charge in [0.1, 0.15) is 11.6 Å². The molecule has 0 unspecified atom stereocenters. The van der Waals surface area contributed by atoms with Gasteiger partial charge in [0.25, 0.3) is 0 Å². The highest BCUT2D eigenvalue weighted by molar-refractivity contribution is 5.55. The molecular weight excluding hydrogens is 246 g/mol. The number of hydrogen-bond acceptors (Lipinski definition) is 2. The summed E-state index contributed by atoms with van der Waals surface area (Å²) in [6, 6.07) is 10.7. The van der Waals surface area contributed by atoms with Crippen molar-refractivity contribution in [2.24, 2.45) is 0 Å². The van der Waals surface area contributed by atoms with Crippen LogP contribution in [0, 0.1) is 29.9 Å². The Morgan fingerprint density at radius 1 is 1.11 bits per heavy atom. The maximum atomic E-state index is 13.0. The highest BCUT2D eigenvalue weighted by Crippen LogP contribution is 2.18. The maximum absolute atomic E-state index is 13.0. The summed E-state index contributed by atoms with van der Waals surface area (Å²) >= 11 is 0. The van der Waals surface area contributed by atoms with Crippen molar-refractivity contribution in [3.05, 3.63) is 64.7 Å². The van der Waals surface area contributed by atoms with Gasteiger partial charge < -0.3 is 5.32 Å². The number of benzene rings is 2. The van der Waals surface area contributed by atoms with Gasteiger partial charge in [0.05, 0.1) is 11.6 Å². The first kappa shape index (κ1) is 13.0. The van der Waals surface area contributed by atoms with Crippen molar-refractivity contribution in [1.29, 1.82) is 5.26 Å². The van der Waals surface area contributed by atoms with Crippen LogP contribution in [0.3, 0.4) is 0 Å². The van der Waals surface area contributed by atoms with Crippen molar-refractivity contribution < 1.29 is 8.78 Å². The minimum atomic E-state index is -0.598. The van der Waals surface area contributed by atoms with Gasteiger partial charge in [-0.2, -0.15) is 5.26 Å². The number of aryl methyl sites for hydroxylation is 1. The molecule has 0 saturated heterocycles. The molecule has 0 aliphatic rings. The number of anilines is 1. The van der Waals surface area contributed by atoms with E-state index >= 15 is 0 Å². The topological polar surface area (TPSA) is 35.8 Å². The molecule has 2 rings (SSSR count). The summed E-state index contributed by atoms with van der Waals surface area (Å²) in [5.74, 6) is -1.20. The molecule has 0 amide bonds. The van der Waals surface area contributed by atoms with Gasteiger partial charge in [-0.1, -0.05) is 6.07 Å². The predicted octanol–water partition coefficient (Wildman–Crippen LogP) is 3.76. The first-order chi connectivity index (χ1) is 9.08. The molecule has 96 valence electrons. The van der Waals surface area contributed by atoms with Gasteiger partial charge in [-0.25, -0.2) is 8.78 Å². The van der Waals surface area contributed by atoms with E-state index in [2.05, 4.69) is 11.4 Å². The number of nitriles is 1. The van der Waals surface area contributed by atoms with Crippen LogP contribution in [-0.4, -0.2) is 0 Å². The zero-order valence-electron chi connectivity index (χ0n) is 10.4. The molecule has 0 fully saturated rings. The van der Waals surface area contributed by atoms with E-state index in [0.29, 0.717) is 17.7 Å². The summed E-state index contributed by atoms with van der Waals surface area (Å²) in [6.07, 6.45) is 0. The highest BCUT2D eigenvalue weighted by Gasteiger charge is 2.03. The van der Waals surface area contributed by atoms with Crippen LogP contribution in [0.4, 0.5) is 14.5 Å². The number of nitrogens with one attached hydrogen (secondary N) is 1. The molecule has 0 saturated carbocycles. The Balaban J connectivity index is 2.16. The SMILES string of the molecule is Cc1ccc(C#N)cc1NCc1cc(F)cc(F)c1. The summed E-state index contributed by atoms with van der Waals surface area (Å²) in [4.78, 5) is 0. The number of hydrogen-bond donors (Lipinski definition) is 1. The van der Waals surface area contributed by atoms with E-state index in [1.165, 1.54) is 12.1 Å². The fraction of sp³-hybridized carbons (Fsp3) is 0.133. The minimum Gasteiger partial charge on any atom is -0.381 e. The standard InChI is InChI=1S/C15H12F2N2/c1-10-2-3-11(8-18)6-15(10)19-9-12-4-13(16)7-14(17)5-12/h2-7,19H,9H2,1H3. The molecule has 2 aromatic rings. The molecule has 19 heavy (non-hydrogen) atoms. The molecule has 1 N–H and O–H groups in total. The average Bonchev–Trinajstić information content (AvgIpc) is 2.37. The van der Waals surface area contributed by atoms with Crippen LogP contribution in [0.1, 0.15) is 16.7 Å². The quantitative estimate of drug-likeness (QED) is 0.909. The fourth-order valence-corrected chi connectivity index (χ4v) is 1.79. The Labute approximate surface area is 110 Å². The van der Waals surface area contributed by atoms with Crippen LogP contribution in [-0.2, 0) is 6.54 Å². The van der Waals surface area contributed by atoms with Crippen molar-refractivity contribution in [2.75, 3.05) is 5.32 Å². The zero-order valence-corrected chi connectivity index (χ0v) is 10.4. The Bertz CT molecular complexity index is 625. The third-order valence-corrected chi connectivity index (χ3v) is 2.77. The van der Waals surface area contributed by atoms with E-state index in [-0.39, 0.29) is 0 Å². The summed E-state index contributed by atoms with van der Waals surface area (Å²) in [6.45, 7) is 2.19. The van der Waals surface area contributed by atoms with E-state index in [0.717, 1.165) is 17.3 Å². The van der Waals surface area contributed by atoms with Crippen molar-refractivity contribution in [3.8, 4) is 6.07 Å². The first-order valence-electron chi connectivity index (χ1n) is 5.78. The summed E-state index contributed by atoms with van der Waals surface area (Å²) < 4.78 is 26.1. The lowest BCUT2D eigenvalue weighted by atomic mass is 10.1. The summed E-state index contributed by atoms with van der Waals surface area (Å²) in [5, 5.41) is 11.9. The van der Waals surface area contributed by atoms with Crippen molar-refractivity contribution in [2.45, 2.75) is 13.5 Å². The molecule has 0 bridgehead atoms. The first-order valence-corrected chi connectivity index (χ1v) is 5.78. The third kappa shape index (κ3) is 3.29. The second-order valence-corrected chi connectivity index (χ2v) is 4.27. The van der Waals surface area contributed by atoms with Gasteiger partial charge in [-0.05, 0) is 42.3 Å². The van der Waals surface area contributed by atoms with Gasteiger partial charge in [0.2, 0.25) is 0 Å². The lowest BCUT2D eigenvalue weighted by Crippen LogP contribution is -2.02. The van der Waals surface area contributed by atoms with Gasteiger partial charge >= 0.3 is 0 Å². The van der Waals surface area contributed by atoms with Crippen LogP contribution < -0.4 is 5.32 Å². The lowest BCUT2D eigenvalue weighted by Gasteiger charge is -2.10. The Morgan fingerprint density at radius 2 is 1.79 bits per heavy atom. The zero-order chi connectivity index (χ0) is 13.8. The largest absolute Gasteiger partial charge is 0.381 e. The molecule has 0 atom stereocenters. The predicted molar refractivity (Wildman–Crippen MR) is 69.6 cm³/mol. The van der Waals surface area contributed by atoms with E-state index < -0.39 is 11.6 Å². The monoisotopic (exact) mass is 258 g/mol. The molecule has 4 heteroatoms. The summed E-state index contributed by atoms with van der Waals surface area (Å²) in [5.41, 5.74) is 2.80. The van der Waals surface area contributed by atoms with Crippen LogP contribution in [0.25, 0.3) is 0 Å². The number of nitrogens with zero attached hydrogens (tertiary/aromatic N) is 1. The molecular formula is C15H12F2N2. The van der Waals surface area contributed by atoms with Gasteiger partial charge in [-0.3, -0.25) is 0 Å². The van der Waals surface area contributed by atoms with E-state index in [9.17, 15) is 8.78 Å². The average molecular weight is 258 g/mol. The molecule has 0 aliphatic carbocycles. The Morgan fingerprint density at radius 3 is 2.42 bits per heavy atom. The van der Waals surface area contributed by atoms with Crippen LogP contribution in [0.2, 0.25) is 0 Å². The smallest absolute Gasteiger partial charge is 0.126 e.